The van der Waals surface area contributed by atoms with Crippen molar-refractivity contribution in [2.45, 2.75) is 78.2 Å². The summed E-state index contributed by atoms with van der Waals surface area (Å²) in [6, 6.07) is 33.2. The molecule has 2 N–H and O–H groups in total. The van der Waals surface area contributed by atoms with Crippen molar-refractivity contribution in [1.29, 1.82) is 0 Å². The van der Waals surface area contributed by atoms with Gasteiger partial charge in [-0.1, -0.05) is 76.1 Å². The fourth-order valence-electron chi connectivity index (χ4n) is 6.77. The predicted octanol–water partition coefficient (Wildman–Crippen LogP) is 10.7. The zero-order chi connectivity index (χ0) is 41.9. The maximum absolute atomic E-state index is 13.6. The van der Waals surface area contributed by atoms with E-state index in [0.717, 1.165) is 35.3 Å². The highest BCUT2D eigenvalue weighted by Crippen LogP contribution is 2.34. The molecule has 5 aromatic carbocycles. The molecule has 2 unspecified atom stereocenters. The van der Waals surface area contributed by atoms with Crippen LogP contribution in [0.4, 0.5) is 0 Å². The van der Waals surface area contributed by atoms with Crippen LogP contribution in [0.3, 0.4) is 0 Å². The Hall–Kier alpha value is -6.22. The Labute approximate surface area is 342 Å². The minimum Gasteiger partial charge on any atom is -0.497 e. The maximum atomic E-state index is 13.6. The van der Waals surface area contributed by atoms with Crippen LogP contribution >= 0.6 is 0 Å². The van der Waals surface area contributed by atoms with Crippen LogP contribution in [0.15, 0.2) is 109 Å². The molecule has 9 nitrogen and oxygen atoms in total. The summed E-state index contributed by atoms with van der Waals surface area (Å²) in [5.41, 5.74) is 3.65. The molecule has 0 aliphatic rings. The number of benzene rings is 5. The Kier molecular flexibility index (Phi) is 14.3. The van der Waals surface area contributed by atoms with Crippen LogP contribution in [0.1, 0.15) is 118 Å². The van der Waals surface area contributed by atoms with Crippen molar-refractivity contribution in [3.63, 3.8) is 0 Å². The number of carbonyl (C=O) groups is 4. The van der Waals surface area contributed by atoms with Gasteiger partial charge in [0.25, 0.3) is 11.8 Å². The summed E-state index contributed by atoms with van der Waals surface area (Å²) < 4.78 is 17.3. The molecule has 0 bridgehead atoms. The molecule has 5 rings (SSSR count). The van der Waals surface area contributed by atoms with Crippen LogP contribution < -0.4 is 24.8 Å². The van der Waals surface area contributed by atoms with Gasteiger partial charge < -0.3 is 24.8 Å². The molecule has 2 atom stereocenters. The number of aryl methyl sites for hydroxylation is 1. The molecule has 0 saturated heterocycles. The van der Waals surface area contributed by atoms with Crippen molar-refractivity contribution in [2.24, 2.45) is 5.92 Å². The van der Waals surface area contributed by atoms with Crippen LogP contribution in [0, 0.1) is 12.8 Å². The van der Waals surface area contributed by atoms with Gasteiger partial charge in [-0.25, -0.2) is 0 Å². The fourth-order valence-corrected chi connectivity index (χ4v) is 6.77. The highest BCUT2D eigenvalue weighted by Gasteiger charge is 2.27. The lowest BCUT2D eigenvalue weighted by Crippen LogP contribution is -2.45. The van der Waals surface area contributed by atoms with Gasteiger partial charge in [0.2, 0.25) is 0 Å². The minimum atomic E-state index is -0.520. The van der Waals surface area contributed by atoms with E-state index in [1.165, 1.54) is 0 Å². The van der Waals surface area contributed by atoms with Crippen molar-refractivity contribution in [1.82, 2.24) is 10.6 Å². The van der Waals surface area contributed by atoms with Gasteiger partial charge in [0.15, 0.2) is 12.6 Å². The molecule has 0 aliphatic heterocycles. The molecule has 0 heterocycles. The predicted molar refractivity (Wildman–Crippen MR) is 228 cm³/mol. The van der Waals surface area contributed by atoms with Crippen LogP contribution in [0.2, 0.25) is 0 Å². The van der Waals surface area contributed by atoms with Gasteiger partial charge in [0, 0.05) is 28.6 Å². The van der Waals surface area contributed by atoms with Crippen molar-refractivity contribution in [3.05, 3.63) is 148 Å². The summed E-state index contributed by atoms with van der Waals surface area (Å²) in [6.45, 7) is 12.8. The van der Waals surface area contributed by atoms with Gasteiger partial charge in [-0.05, 0) is 123 Å². The van der Waals surface area contributed by atoms with Gasteiger partial charge in [-0.2, -0.15) is 0 Å². The molecule has 0 spiro atoms. The maximum Gasteiger partial charge on any atom is 0.252 e. The smallest absolute Gasteiger partial charge is 0.252 e. The third-order valence-electron chi connectivity index (χ3n) is 10.9. The monoisotopic (exact) mass is 782 g/mol. The number of hydrogen-bond donors (Lipinski definition) is 2. The van der Waals surface area contributed by atoms with E-state index in [4.69, 9.17) is 14.2 Å². The van der Waals surface area contributed by atoms with Crippen LogP contribution in [0.25, 0.3) is 0 Å². The SMILES string of the molecule is CCC(C)(CCCC(C)CNC(=O)c1cc(Oc2ccc(C)cc2)ccc1C=O)NC(=O)c1ccc(Oc2ccc(C(C)(C)c3ccc(OC)cc3)cc2)cc1C=O. The second-order valence-corrected chi connectivity index (χ2v) is 15.7. The Morgan fingerprint density at radius 3 is 1.78 bits per heavy atom. The van der Waals surface area contributed by atoms with Crippen molar-refractivity contribution < 1.29 is 33.4 Å². The lowest BCUT2D eigenvalue weighted by atomic mass is 9.78. The molecule has 5 aromatic rings. The number of ether oxygens (including phenoxy) is 3. The quantitative estimate of drug-likeness (QED) is 0.0800. The van der Waals surface area contributed by atoms with Crippen LogP contribution in [-0.2, 0) is 5.41 Å². The summed E-state index contributed by atoms with van der Waals surface area (Å²) in [6.07, 6.45) is 4.32. The normalized spacial score (nSPS) is 12.7. The zero-order valence-corrected chi connectivity index (χ0v) is 34.5. The standard InChI is InChI=1S/C49H54N2O7/c1-8-49(6,27-9-10-34(3)30-50-46(54)45-29-43(20-13-35(45)31-52)58-40-18-11-33(2)12-19-40)51-47(55)44-26-25-42(28-36(44)32-53)57-41-23-16-38(17-24-41)48(4,5)37-14-21-39(56-7)22-15-37/h11-26,28-29,31-32,34H,8-10,27,30H2,1-7H3,(H,50,54)(H,51,55). The highest BCUT2D eigenvalue weighted by atomic mass is 16.5. The van der Waals surface area contributed by atoms with Gasteiger partial charge >= 0.3 is 0 Å². The molecule has 2 amide bonds. The number of rotatable bonds is 19. The van der Waals surface area contributed by atoms with Gasteiger partial charge in [-0.15, -0.1) is 0 Å². The Bertz CT molecular complexity index is 2190. The number of amides is 2. The van der Waals surface area contributed by atoms with Crippen molar-refractivity contribution in [2.75, 3.05) is 13.7 Å². The molecule has 9 heteroatoms. The van der Waals surface area contributed by atoms with E-state index in [2.05, 4.69) is 43.5 Å². The molecule has 0 aromatic heterocycles. The summed E-state index contributed by atoms with van der Waals surface area (Å²) in [4.78, 5) is 50.7. The van der Waals surface area contributed by atoms with E-state index >= 15 is 0 Å². The number of hydrogen-bond acceptors (Lipinski definition) is 7. The second kappa shape index (κ2) is 19.3. The zero-order valence-electron chi connectivity index (χ0n) is 34.5. The van der Waals surface area contributed by atoms with Crippen LogP contribution in [0.5, 0.6) is 28.7 Å². The number of carbonyl (C=O) groups excluding carboxylic acids is 4. The Morgan fingerprint density at radius 1 is 0.672 bits per heavy atom. The van der Waals surface area contributed by atoms with E-state index in [1.807, 2.05) is 81.4 Å². The van der Waals surface area contributed by atoms with Crippen LogP contribution in [-0.4, -0.2) is 43.6 Å². The van der Waals surface area contributed by atoms with Gasteiger partial charge in [0.05, 0.1) is 18.2 Å². The molecule has 302 valence electrons. The van der Waals surface area contributed by atoms with Crippen molar-refractivity contribution in [3.8, 4) is 28.7 Å². The van der Waals surface area contributed by atoms with Gasteiger partial charge in [-0.3, -0.25) is 19.2 Å². The topological polar surface area (TPSA) is 120 Å². The summed E-state index contributed by atoms with van der Waals surface area (Å²) in [5, 5.41) is 6.13. The first-order valence-corrected chi connectivity index (χ1v) is 19.7. The molecular weight excluding hydrogens is 729 g/mol. The first kappa shape index (κ1) is 42.9. The third kappa shape index (κ3) is 11.0. The number of aldehydes is 2. The largest absolute Gasteiger partial charge is 0.497 e. The molecule has 58 heavy (non-hydrogen) atoms. The van der Waals surface area contributed by atoms with E-state index in [0.29, 0.717) is 55.0 Å². The van der Waals surface area contributed by atoms with Gasteiger partial charge in [0.1, 0.15) is 28.7 Å². The summed E-state index contributed by atoms with van der Waals surface area (Å²) in [7, 11) is 1.65. The minimum absolute atomic E-state index is 0.137. The first-order valence-electron chi connectivity index (χ1n) is 19.7. The van der Waals surface area contributed by atoms with Crippen molar-refractivity contribution >= 4 is 24.4 Å². The average Bonchev–Trinajstić information content (AvgIpc) is 3.23. The molecular formula is C49H54N2O7. The second-order valence-electron chi connectivity index (χ2n) is 15.7. The lowest BCUT2D eigenvalue weighted by molar-refractivity contribution is 0.0889. The lowest BCUT2D eigenvalue weighted by Gasteiger charge is -2.30. The number of methoxy groups -OCH3 is 1. The Balaban J connectivity index is 1.12. The first-order chi connectivity index (χ1) is 27.8. The highest BCUT2D eigenvalue weighted by molar-refractivity contribution is 6.02. The molecule has 0 radical (unpaired) electrons. The fraction of sp³-hybridized carbons (Fsp3) is 0.306. The van der Waals surface area contributed by atoms with E-state index in [1.54, 1.807) is 43.5 Å². The molecule has 0 saturated carbocycles. The number of nitrogens with one attached hydrogen (secondary N) is 2. The summed E-state index contributed by atoms with van der Waals surface area (Å²) in [5.74, 6) is 2.43. The van der Waals surface area contributed by atoms with E-state index in [9.17, 15) is 19.2 Å². The average molecular weight is 783 g/mol. The molecule has 0 aliphatic carbocycles. The Morgan fingerprint density at radius 2 is 1.21 bits per heavy atom. The molecule has 0 fully saturated rings. The van der Waals surface area contributed by atoms with E-state index < -0.39 is 5.54 Å². The van der Waals surface area contributed by atoms with E-state index in [-0.39, 0.29) is 45.4 Å². The third-order valence-corrected chi connectivity index (χ3v) is 10.9. The summed E-state index contributed by atoms with van der Waals surface area (Å²) >= 11 is 0.